The van der Waals surface area contributed by atoms with Crippen molar-refractivity contribution in [3.05, 3.63) is 59.7 Å². The van der Waals surface area contributed by atoms with E-state index in [-0.39, 0.29) is 5.84 Å². The highest BCUT2D eigenvalue weighted by atomic mass is 16.5. The number of hydrogen-bond donors (Lipinski definition) is 2. The Balaban J connectivity index is 2.41. The van der Waals surface area contributed by atoms with E-state index in [1.54, 1.807) is 12.1 Å². The van der Waals surface area contributed by atoms with E-state index in [1.165, 1.54) is 0 Å². The zero-order valence-electron chi connectivity index (χ0n) is 11.6. The van der Waals surface area contributed by atoms with Gasteiger partial charge in [-0.25, -0.2) is 0 Å². The maximum absolute atomic E-state index is 8.83. The molecule has 0 aliphatic heterocycles. The maximum atomic E-state index is 8.83. The van der Waals surface area contributed by atoms with Crippen molar-refractivity contribution in [2.24, 2.45) is 10.9 Å². The molecule has 0 saturated carbocycles. The Morgan fingerprint density at radius 1 is 1.05 bits per heavy atom. The average molecular weight is 270 g/mol. The second kappa shape index (κ2) is 6.10. The van der Waals surface area contributed by atoms with E-state index in [0.29, 0.717) is 17.2 Å². The monoisotopic (exact) mass is 270 g/mol. The second-order valence-electron chi connectivity index (χ2n) is 4.78. The molecule has 0 saturated heterocycles. The Morgan fingerprint density at radius 3 is 2.30 bits per heavy atom. The Labute approximate surface area is 118 Å². The van der Waals surface area contributed by atoms with Crippen LogP contribution in [0.3, 0.4) is 0 Å². The first kappa shape index (κ1) is 13.9. The molecule has 0 aliphatic carbocycles. The molecular formula is C16H18N2O2. The normalized spacial score (nSPS) is 11.7. The van der Waals surface area contributed by atoms with Crippen LogP contribution in [0.5, 0.6) is 11.5 Å². The van der Waals surface area contributed by atoms with Crippen LogP contribution < -0.4 is 10.5 Å². The summed E-state index contributed by atoms with van der Waals surface area (Å²) in [5.74, 6) is 1.72. The summed E-state index contributed by atoms with van der Waals surface area (Å²) >= 11 is 0. The lowest BCUT2D eigenvalue weighted by atomic mass is 10.0. The van der Waals surface area contributed by atoms with E-state index in [2.05, 4.69) is 19.0 Å². The van der Waals surface area contributed by atoms with Crippen LogP contribution in [0.25, 0.3) is 0 Å². The molecule has 0 amide bonds. The van der Waals surface area contributed by atoms with Gasteiger partial charge >= 0.3 is 0 Å². The summed E-state index contributed by atoms with van der Waals surface area (Å²) in [7, 11) is 0. The first-order chi connectivity index (χ1) is 9.63. The van der Waals surface area contributed by atoms with Gasteiger partial charge in [-0.2, -0.15) is 0 Å². The van der Waals surface area contributed by atoms with Crippen molar-refractivity contribution in [3.8, 4) is 11.5 Å². The topological polar surface area (TPSA) is 67.8 Å². The van der Waals surface area contributed by atoms with Crippen LogP contribution in [0.15, 0.2) is 53.7 Å². The summed E-state index contributed by atoms with van der Waals surface area (Å²) in [4.78, 5) is 0. The van der Waals surface area contributed by atoms with Crippen LogP contribution >= 0.6 is 0 Å². The zero-order valence-corrected chi connectivity index (χ0v) is 11.6. The largest absolute Gasteiger partial charge is 0.456 e. The minimum absolute atomic E-state index is 0.0302. The fraction of sp³-hybridized carbons (Fsp3) is 0.188. The van der Waals surface area contributed by atoms with E-state index >= 15 is 0 Å². The number of nitrogens with two attached hydrogens (primary N) is 1. The molecule has 0 atom stereocenters. The Kier molecular flexibility index (Phi) is 4.25. The van der Waals surface area contributed by atoms with Gasteiger partial charge in [-0.05, 0) is 29.7 Å². The van der Waals surface area contributed by atoms with Crippen LogP contribution in [-0.4, -0.2) is 11.0 Å². The number of para-hydroxylation sites is 2. The number of benzene rings is 2. The van der Waals surface area contributed by atoms with Crippen LogP contribution in [-0.2, 0) is 0 Å². The van der Waals surface area contributed by atoms with Crippen molar-refractivity contribution in [1.29, 1.82) is 0 Å². The highest BCUT2D eigenvalue weighted by molar-refractivity contribution is 5.99. The van der Waals surface area contributed by atoms with Crippen molar-refractivity contribution in [2.45, 2.75) is 19.8 Å². The minimum atomic E-state index is 0.0302. The van der Waals surface area contributed by atoms with Crippen molar-refractivity contribution in [3.63, 3.8) is 0 Å². The molecule has 0 bridgehead atoms. The third kappa shape index (κ3) is 2.91. The molecule has 0 radical (unpaired) electrons. The van der Waals surface area contributed by atoms with Crippen LogP contribution in [0.2, 0.25) is 0 Å². The molecule has 0 aromatic heterocycles. The van der Waals surface area contributed by atoms with Gasteiger partial charge in [0.15, 0.2) is 5.84 Å². The van der Waals surface area contributed by atoms with E-state index < -0.39 is 0 Å². The fourth-order valence-electron chi connectivity index (χ4n) is 1.99. The molecule has 2 rings (SSSR count). The Hall–Kier alpha value is -2.49. The van der Waals surface area contributed by atoms with Gasteiger partial charge in [-0.1, -0.05) is 49.3 Å². The smallest absolute Gasteiger partial charge is 0.173 e. The summed E-state index contributed by atoms with van der Waals surface area (Å²) in [5, 5.41) is 11.9. The van der Waals surface area contributed by atoms with Crippen molar-refractivity contribution < 1.29 is 9.94 Å². The number of nitrogens with zero attached hydrogens (tertiary/aromatic N) is 1. The molecule has 4 nitrogen and oxygen atoms in total. The molecular weight excluding hydrogens is 252 g/mol. The lowest BCUT2D eigenvalue weighted by molar-refractivity contribution is 0.318. The molecule has 104 valence electrons. The highest BCUT2D eigenvalue weighted by Crippen LogP contribution is 2.31. The summed E-state index contributed by atoms with van der Waals surface area (Å²) in [6.07, 6.45) is 0. The van der Waals surface area contributed by atoms with E-state index in [4.69, 9.17) is 15.7 Å². The molecule has 2 aromatic carbocycles. The van der Waals surface area contributed by atoms with Gasteiger partial charge in [0.2, 0.25) is 0 Å². The first-order valence-electron chi connectivity index (χ1n) is 6.47. The van der Waals surface area contributed by atoms with Gasteiger partial charge in [0, 0.05) is 0 Å². The molecule has 2 aromatic rings. The van der Waals surface area contributed by atoms with Crippen LogP contribution in [0, 0.1) is 0 Å². The summed E-state index contributed by atoms with van der Waals surface area (Å²) < 4.78 is 5.95. The molecule has 0 unspecified atom stereocenters. The van der Waals surface area contributed by atoms with Crippen molar-refractivity contribution in [1.82, 2.24) is 0 Å². The number of ether oxygens (including phenoxy) is 1. The van der Waals surface area contributed by atoms with E-state index in [9.17, 15) is 0 Å². The summed E-state index contributed by atoms with van der Waals surface area (Å²) in [6.45, 7) is 4.22. The number of oxime groups is 1. The standard InChI is InChI=1S/C16H18N2O2/c1-11(2)12-7-3-5-9-14(12)20-15-10-6-4-8-13(15)16(17)18-19/h3-11,19H,1-2H3,(H2,17,18). The second-order valence-corrected chi connectivity index (χ2v) is 4.78. The predicted octanol–water partition coefficient (Wildman–Crippen LogP) is 3.70. The van der Waals surface area contributed by atoms with Crippen LogP contribution in [0.1, 0.15) is 30.9 Å². The summed E-state index contributed by atoms with van der Waals surface area (Å²) in [6, 6.07) is 15.1. The van der Waals surface area contributed by atoms with Gasteiger partial charge in [-0.15, -0.1) is 0 Å². The summed E-state index contributed by atoms with van der Waals surface area (Å²) in [5.41, 5.74) is 7.34. The molecule has 4 heteroatoms. The third-order valence-electron chi connectivity index (χ3n) is 3.03. The molecule has 0 spiro atoms. The van der Waals surface area contributed by atoms with E-state index in [0.717, 1.165) is 11.3 Å². The lowest BCUT2D eigenvalue weighted by Gasteiger charge is -2.15. The molecule has 0 fully saturated rings. The molecule has 0 heterocycles. The number of hydrogen-bond acceptors (Lipinski definition) is 3. The van der Waals surface area contributed by atoms with Gasteiger partial charge in [-0.3, -0.25) is 0 Å². The third-order valence-corrected chi connectivity index (χ3v) is 3.03. The molecule has 20 heavy (non-hydrogen) atoms. The Morgan fingerprint density at radius 2 is 1.65 bits per heavy atom. The predicted molar refractivity (Wildman–Crippen MR) is 79.6 cm³/mol. The van der Waals surface area contributed by atoms with Gasteiger partial charge in [0.1, 0.15) is 11.5 Å². The molecule has 3 N–H and O–H groups in total. The van der Waals surface area contributed by atoms with Crippen molar-refractivity contribution >= 4 is 5.84 Å². The van der Waals surface area contributed by atoms with Gasteiger partial charge in [0.25, 0.3) is 0 Å². The SMILES string of the molecule is CC(C)c1ccccc1Oc1ccccc1/C(N)=N/O. The molecule has 0 aliphatic rings. The average Bonchev–Trinajstić information content (AvgIpc) is 2.47. The number of rotatable bonds is 4. The quantitative estimate of drug-likeness (QED) is 0.385. The number of amidine groups is 1. The van der Waals surface area contributed by atoms with Gasteiger partial charge in [0.05, 0.1) is 5.56 Å². The maximum Gasteiger partial charge on any atom is 0.173 e. The zero-order chi connectivity index (χ0) is 14.5. The highest BCUT2D eigenvalue weighted by Gasteiger charge is 2.12. The van der Waals surface area contributed by atoms with Crippen molar-refractivity contribution in [2.75, 3.05) is 0 Å². The van der Waals surface area contributed by atoms with E-state index in [1.807, 2.05) is 36.4 Å². The lowest BCUT2D eigenvalue weighted by Crippen LogP contribution is -2.14. The minimum Gasteiger partial charge on any atom is -0.456 e. The Bertz CT molecular complexity index is 621. The first-order valence-corrected chi connectivity index (χ1v) is 6.47. The van der Waals surface area contributed by atoms with Gasteiger partial charge < -0.3 is 15.7 Å². The fourth-order valence-corrected chi connectivity index (χ4v) is 1.99. The van der Waals surface area contributed by atoms with Crippen LogP contribution in [0.4, 0.5) is 0 Å².